The lowest BCUT2D eigenvalue weighted by Gasteiger charge is -2.29. The summed E-state index contributed by atoms with van der Waals surface area (Å²) in [4.78, 5) is 2.42. The van der Waals surface area contributed by atoms with Gasteiger partial charge < -0.3 is 9.47 Å². The third-order valence-corrected chi connectivity index (χ3v) is 13.3. The Morgan fingerprint density at radius 3 is 1.71 bits per heavy atom. The average molecular weight is 677 g/mol. The zero-order valence-corrected chi connectivity index (χ0v) is 31.7. The Hall–Kier alpha value is -5.38. The summed E-state index contributed by atoms with van der Waals surface area (Å²) in [6.07, 6.45) is 0. The van der Waals surface area contributed by atoms with Crippen molar-refractivity contribution in [2.24, 2.45) is 0 Å². The van der Waals surface area contributed by atoms with Crippen LogP contribution < -0.4 is 10.1 Å². The Morgan fingerprint density at radius 1 is 0.510 bits per heavy atom. The topological polar surface area (TPSA) is 8.17 Å². The molecule has 9 rings (SSSR count). The Bertz CT molecular complexity index is 2600. The van der Waals surface area contributed by atoms with Crippen molar-refractivity contribution < 1.29 is 0 Å². The number of rotatable bonds is 5. The summed E-state index contributed by atoms with van der Waals surface area (Å²) in [7, 11) is -1.42. The van der Waals surface area contributed by atoms with E-state index >= 15 is 0 Å². The van der Waals surface area contributed by atoms with Gasteiger partial charge in [-0.2, -0.15) is 0 Å². The zero-order valence-electron chi connectivity index (χ0n) is 30.7. The van der Waals surface area contributed by atoms with E-state index in [2.05, 4.69) is 196 Å². The molecule has 1 aliphatic rings. The van der Waals surface area contributed by atoms with Gasteiger partial charge in [0.15, 0.2) is 0 Å². The molecule has 0 saturated heterocycles. The standard InChI is InChI=1S/C48H44N2Si/c1-31-17-25-44-40(27-31)41-28-32(2)18-26-45(41)50(44)46-30-43-47(38-16-12-11-15-37(38)46)39-24-21-35(29-42(39)48(43,3)4)49(33-13-9-8-10-14-33)34-19-22-36(23-20-34)51(5,6)7/h8-30H,1-7H3. The van der Waals surface area contributed by atoms with E-state index in [4.69, 9.17) is 0 Å². The van der Waals surface area contributed by atoms with Gasteiger partial charge in [0, 0.05) is 38.6 Å². The van der Waals surface area contributed by atoms with Crippen LogP contribution in [0.3, 0.4) is 0 Å². The van der Waals surface area contributed by atoms with Crippen LogP contribution in [0.5, 0.6) is 0 Å². The molecule has 0 saturated carbocycles. The summed E-state index contributed by atoms with van der Waals surface area (Å²) in [6.45, 7) is 16.4. The van der Waals surface area contributed by atoms with Crippen molar-refractivity contribution in [3.05, 3.63) is 162 Å². The number of anilines is 3. The molecule has 1 aromatic heterocycles. The Kier molecular flexibility index (Phi) is 7.01. The van der Waals surface area contributed by atoms with Gasteiger partial charge >= 0.3 is 0 Å². The lowest BCUT2D eigenvalue weighted by atomic mass is 9.81. The molecule has 250 valence electrons. The predicted molar refractivity (Wildman–Crippen MR) is 223 cm³/mol. The highest BCUT2D eigenvalue weighted by Gasteiger charge is 2.38. The van der Waals surface area contributed by atoms with Crippen LogP contribution in [-0.2, 0) is 5.41 Å². The van der Waals surface area contributed by atoms with Gasteiger partial charge in [-0.15, -0.1) is 0 Å². The summed E-state index contributed by atoms with van der Waals surface area (Å²) in [5.41, 5.74) is 15.1. The lowest BCUT2D eigenvalue weighted by Crippen LogP contribution is -2.37. The Balaban J connectivity index is 1.26. The molecule has 0 atom stereocenters. The molecule has 1 aliphatic carbocycles. The highest BCUT2D eigenvalue weighted by molar-refractivity contribution is 6.88. The highest BCUT2D eigenvalue weighted by atomic mass is 28.3. The fraction of sp³-hybridized carbons (Fsp3) is 0.167. The highest BCUT2D eigenvalue weighted by Crippen LogP contribution is 2.54. The van der Waals surface area contributed by atoms with Crippen molar-refractivity contribution in [2.45, 2.75) is 52.8 Å². The molecule has 2 nitrogen and oxygen atoms in total. The molecule has 51 heavy (non-hydrogen) atoms. The normalized spacial score (nSPS) is 13.5. The largest absolute Gasteiger partial charge is 0.310 e. The van der Waals surface area contributed by atoms with E-state index in [9.17, 15) is 0 Å². The maximum absolute atomic E-state index is 2.51. The van der Waals surface area contributed by atoms with E-state index in [-0.39, 0.29) is 5.41 Å². The van der Waals surface area contributed by atoms with Crippen LogP contribution in [0.25, 0.3) is 49.4 Å². The third-order valence-electron chi connectivity index (χ3n) is 11.2. The first kappa shape index (κ1) is 31.6. The smallest absolute Gasteiger partial charge is 0.0775 e. The lowest BCUT2D eigenvalue weighted by molar-refractivity contribution is 0.660. The van der Waals surface area contributed by atoms with E-state index in [1.165, 1.54) is 88.2 Å². The molecule has 0 bridgehead atoms. The number of para-hydroxylation sites is 1. The Labute approximate surface area is 302 Å². The molecule has 0 unspecified atom stereocenters. The van der Waals surface area contributed by atoms with E-state index in [0.717, 1.165) is 5.69 Å². The van der Waals surface area contributed by atoms with Crippen molar-refractivity contribution in [1.29, 1.82) is 0 Å². The van der Waals surface area contributed by atoms with Gasteiger partial charge in [0.1, 0.15) is 0 Å². The molecule has 1 heterocycles. The number of aryl methyl sites for hydroxylation is 2. The van der Waals surface area contributed by atoms with Gasteiger partial charge in [0.05, 0.1) is 24.8 Å². The minimum Gasteiger partial charge on any atom is -0.310 e. The van der Waals surface area contributed by atoms with Crippen LogP contribution in [0.1, 0.15) is 36.1 Å². The number of hydrogen-bond donors (Lipinski definition) is 0. The Morgan fingerprint density at radius 2 is 1.08 bits per heavy atom. The van der Waals surface area contributed by atoms with Crippen LogP contribution in [0.4, 0.5) is 17.1 Å². The van der Waals surface area contributed by atoms with E-state index in [1.54, 1.807) is 0 Å². The summed E-state index contributed by atoms with van der Waals surface area (Å²) in [5, 5.41) is 6.67. The summed E-state index contributed by atoms with van der Waals surface area (Å²) in [6, 6.07) is 52.6. The first-order valence-electron chi connectivity index (χ1n) is 18.2. The predicted octanol–water partition coefficient (Wildman–Crippen LogP) is 12.9. The minimum atomic E-state index is -1.42. The van der Waals surface area contributed by atoms with E-state index < -0.39 is 8.07 Å². The van der Waals surface area contributed by atoms with Gasteiger partial charge in [-0.05, 0) is 108 Å². The van der Waals surface area contributed by atoms with Gasteiger partial charge in [0.25, 0.3) is 0 Å². The van der Waals surface area contributed by atoms with Crippen molar-refractivity contribution in [1.82, 2.24) is 4.57 Å². The first-order valence-corrected chi connectivity index (χ1v) is 21.7. The van der Waals surface area contributed by atoms with E-state index in [0.29, 0.717) is 0 Å². The van der Waals surface area contributed by atoms with Crippen molar-refractivity contribution in [3.8, 4) is 16.8 Å². The van der Waals surface area contributed by atoms with Crippen LogP contribution in [0, 0.1) is 13.8 Å². The number of hydrogen-bond acceptors (Lipinski definition) is 1. The molecule has 3 heteroatoms. The molecular weight excluding hydrogens is 633 g/mol. The summed E-state index contributed by atoms with van der Waals surface area (Å²) >= 11 is 0. The second kappa shape index (κ2) is 11.3. The second-order valence-electron chi connectivity index (χ2n) is 16.1. The van der Waals surface area contributed by atoms with E-state index in [1.807, 2.05) is 0 Å². The summed E-state index contributed by atoms with van der Waals surface area (Å²) < 4.78 is 2.51. The molecule has 0 radical (unpaired) electrons. The summed E-state index contributed by atoms with van der Waals surface area (Å²) in [5.74, 6) is 0. The molecular formula is C48H44N2Si. The number of fused-ring (bicyclic) bond motifs is 8. The fourth-order valence-corrected chi connectivity index (χ4v) is 9.69. The van der Waals surface area contributed by atoms with Gasteiger partial charge in [-0.1, -0.05) is 123 Å². The average Bonchev–Trinajstić information content (AvgIpc) is 3.55. The molecule has 0 fully saturated rings. The van der Waals surface area contributed by atoms with Crippen LogP contribution >= 0.6 is 0 Å². The van der Waals surface area contributed by atoms with Crippen molar-refractivity contribution >= 4 is 62.9 Å². The maximum Gasteiger partial charge on any atom is 0.0775 e. The molecule has 8 aromatic rings. The van der Waals surface area contributed by atoms with Crippen molar-refractivity contribution in [3.63, 3.8) is 0 Å². The molecule has 0 aliphatic heterocycles. The third kappa shape index (κ3) is 4.90. The maximum atomic E-state index is 2.51. The molecule has 0 spiro atoms. The monoisotopic (exact) mass is 676 g/mol. The van der Waals surface area contributed by atoms with Gasteiger partial charge in [0.2, 0.25) is 0 Å². The van der Waals surface area contributed by atoms with Gasteiger partial charge in [-0.25, -0.2) is 0 Å². The SMILES string of the molecule is Cc1ccc2c(c1)c1cc(C)ccc1n2-c1cc2c(c3ccccc13)-c1ccc(N(c3ccccc3)c3ccc([Si](C)(C)C)cc3)cc1C2(C)C. The molecule has 7 aromatic carbocycles. The fourth-order valence-electron chi connectivity index (χ4n) is 8.52. The molecule has 0 amide bonds. The van der Waals surface area contributed by atoms with Crippen molar-refractivity contribution in [2.75, 3.05) is 4.90 Å². The quantitative estimate of drug-likeness (QED) is 0.165. The van der Waals surface area contributed by atoms with Crippen LogP contribution in [0.15, 0.2) is 140 Å². The number of aromatic nitrogens is 1. The van der Waals surface area contributed by atoms with Crippen LogP contribution in [-0.4, -0.2) is 12.6 Å². The number of benzene rings is 7. The molecule has 0 N–H and O–H groups in total. The minimum absolute atomic E-state index is 0.213. The van der Waals surface area contributed by atoms with Crippen LogP contribution in [0.2, 0.25) is 19.6 Å². The first-order chi connectivity index (χ1) is 24.5. The zero-order chi connectivity index (χ0) is 35.2. The number of nitrogens with zero attached hydrogens (tertiary/aromatic N) is 2. The second-order valence-corrected chi connectivity index (χ2v) is 21.1. The van der Waals surface area contributed by atoms with Gasteiger partial charge in [-0.3, -0.25) is 0 Å².